The molecule has 0 aromatic carbocycles. The maximum Gasteiger partial charge on any atom is 0.180 e. The summed E-state index contributed by atoms with van der Waals surface area (Å²) in [6.07, 6.45) is 1.75. The fourth-order valence-electron chi connectivity index (χ4n) is 3.88. The molecule has 28 heavy (non-hydrogen) atoms. The number of aliphatic hydroxyl groups is 1. The van der Waals surface area contributed by atoms with Crippen LogP contribution in [0.2, 0.25) is 0 Å². The molecular weight excluding hydrogens is 378 g/mol. The van der Waals surface area contributed by atoms with Gasteiger partial charge in [0.1, 0.15) is 11.5 Å². The lowest BCUT2D eigenvalue weighted by atomic mass is 10.1. The van der Waals surface area contributed by atoms with Crippen molar-refractivity contribution < 1.29 is 13.5 Å². The highest BCUT2D eigenvalue weighted by Gasteiger charge is 2.40. The van der Waals surface area contributed by atoms with Crippen LogP contribution < -0.4 is 4.90 Å². The molecule has 0 bridgehead atoms. The summed E-state index contributed by atoms with van der Waals surface area (Å²) in [7, 11) is -3.14. The SMILES string of the molecule is CCc1cc(N2CCN([C@@H]3CS(=O)(=O)C[C@@H]3O)CC2)nc(-c2ccccn2)n1. The zero-order valence-corrected chi connectivity index (χ0v) is 16.7. The zero-order valence-electron chi connectivity index (χ0n) is 15.9. The molecule has 2 aromatic heterocycles. The van der Waals surface area contributed by atoms with E-state index in [-0.39, 0.29) is 17.5 Å². The molecule has 0 aliphatic carbocycles. The van der Waals surface area contributed by atoms with Gasteiger partial charge in [0.2, 0.25) is 0 Å². The first-order chi connectivity index (χ1) is 13.4. The second-order valence-corrected chi connectivity index (χ2v) is 9.50. The molecule has 8 nitrogen and oxygen atoms in total. The second-order valence-electron chi connectivity index (χ2n) is 7.34. The molecule has 150 valence electrons. The Morgan fingerprint density at radius 1 is 1.14 bits per heavy atom. The number of anilines is 1. The average Bonchev–Trinajstić information content (AvgIpc) is 3.00. The molecule has 0 spiro atoms. The first-order valence-corrected chi connectivity index (χ1v) is 11.4. The minimum absolute atomic E-state index is 0.0471. The highest BCUT2D eigenvalue weighted by Crippen LogP contribution is 2.23. The standard InChI is InChI=1S/C19H25N5O3S/c1-2-14-11-18(22-19(21-14)15-5-3-4-6-20-15)24-9-7-23(8-10-24)16-12-28(26,27)13-17(16)25/h3-6,11,16-17,25H,2,7-10,12-13H2,1H3/t16-,17+/m1/s1. The molecule has 0 unspecified atom stereocenters. The lowest BCUT2D eigenvalue weighted by Gasteiger charge is -2.39. The van der Waals surface area contributed by atoms with Crippen molar-refractivity contribution in [2.75, 3.05) is 42.6 Å². The van der Waals surface area contributed by atoms with Crippen molar-refractivity contribution in [1.29, 1.82) is 0 Å². The van der Waals surface area contributed by atoms with Crippen LogP contribution in [0.1, 0.15) is 12.6 Å². The number of pyridine rings is 1. The number of nitrogens with zero attached hydrogens (tertiary/aromatic N) is 5. The molecule has 2 fully saturated rings. The molecule has 4 rings (SSSR count). The smallest absolute Gasteiger partial charge is 0.180 e. The molecule has 2 aliphatic rings. The van der Waals surface area contributed by atoms with Gasteiger partial charge in [-0.15, -0.1) is 0 Å². The fraction of sp³-hybridized carbons (Fsp3) is 0.526. The molecular formula is C19H25N5O3S. The number of hydrogen-bond donors (Lipinski definition) is 1. The molecule has 4 heterocycles. The first kappa shape index (κ1) is 19.2. The van der Waals surface area contributed by atoms with Crippen LogP contribution in [0, 0.1) is 0 Å². The van der Waals surface area contributed by atoms with Crippen LogP contribution in [0.3, 0.4) is 0 Å². The predicted molar refractivity (Wildman–Crippen MR) is 107 cm³/mol. The molecule has 2 saturated heterocycles. The maximum atomic E-state index is 11.8. The van der Waals surface area contributed by atoms with E-state index < -0.39 is 15.9 Å². The van der Waals surface area contributed by atoms with Crippen LogP contribution in [-0.2, 0) is 16.3 Å². The summed E-state index contributed by atoms with van der Waals surface area (Å²) in [5.74, 6) is 1.41. The normalized spacial score (nSPS) is 25.1. The van der Waals surface area contributed by atoms with E-state index in [0.29, 0.717) is 18.9 Å². The Labute approximate surface area is 165 Å². The van der Waals surface area contributed by atoms with Crippen LogP contribution in [0.5, 0.6) is 0 Å². The van der Waals surface area contributed by atoms with Gasteiger partial charge in [0.15, 0.2) is 15.7 Å². The molecule has 2 aromatic rings. The summed E-state index contributed by atoms with van der Waals surface area (Å²) in [6, 6.07) is 7.40. The fourth-order valence-corrected chi connectivity index (χ4v) is 5.71. The van der Waals surface area contributed by atoms with Gasteiger partial charge in [-0.1, -0.05) is 13.0 Å². The van der Waals surface area contributed by atoms with Gasteiger partial charge in [0.05, 0.1) is 23.7 Å². The van der Waals surface area contributed by atoms with E-state index in [1.54, 1.807) is 6.20 Å². The van der Waals surface area contributed by atoms with Gasteiger partial charge in [-0.3, -0.25) is 9.88 Å². The van der Waals surface area contributed by atoms with Gasteiger partial charge in [-0.2, -0.15) is 0 Å². The summed E-state index contributed by atoms with van der Waals surface area (Å²) in [4.78, 5) is 18.0. The number of piperazine rings is 1. The van der Waals surface area contributed by atoms with E-state index in [1.165, 1.54) is 0 Å². The van der Waals surface area contributed by atoms with Gasteiger partial charge in [-0.05, 0) is 18.6 Å². The number of rotatable bonds is 4. The van der Waals surface area contributed by atoms with Gasteiger partial charge >= 0.3 is 0 Å². The summed E-state index contributed by atoms with van der Waals surface area (Å²) < 4.78 is 23.6. The lowest BCUT2D eigenvalue weighted by molar-refractivity contribution is 0.0792. The Kier molecular flexibility index (Phi) is 5.31. The van der Waals surface area contributed by atoms with Crippen molar-refractivity contribution >= 4 is 15.7 Å². The van der Waals surface area contributed by atoms with Crippen LogP contribution in [0.4, 0.5) is 5.82 Å². The van der Waals surface area contributed by atoms with Crippen molar-refractivity contribution in [1.82, 2.24) is 19.9 Å². The van der Waals surface area contributed by atoms with Crippen LogP contribution in [0.15, 0.2) is 30.5 Å². The summed E-state index contributed by atoms with van der Waals surface area (Å²) in [5.41, 5.74) is 1.71. The Bertz CT molecular complexity index is 930. The molecule has 9 heteroatoms. The third kappa shape index (κ3) is 4.01. The van der Waals surface area contributed by atoms with E-state index in [4.69, 9.17) is 4.98 Å². The molecule has 2 aliphatic heterocycles. The number of aryl methyl sites for hydroxylation is 1. The number of aliphatic hydroxyl groups excluding tert-OH is 1. The van der Waals surface area contributed by atoms with Crippen molar-refractivity contribution in [2.45, 2.75) is 25.5 Å². The van der Waals surface area contributed by atoms with Crippen LogP contribution >= 0.6 is 0 Å². The zero-order chi connectivity index (χ0) is 19.7. The summed E-state index contributed by atoms with van der Waals surface area (Å²) in [5, 5.41) is 10.1. The van der Waals surface area contributed by atoms with E-state index in [0.717, 1.165) is 36.7 Å². The number of hydrogen-bond acceptors (Lipinski definition) is 8. The van der Waals surface area contributed by atoms with Crippen molar-refractivity contribution in [3.05, 3.63) is 36.2 Å². The highest BCUT2D eigenvalue weighted by atomic mass is 32.2. The van der Waals surface area contributed by atoms with Gasteiger partial charge in [0.25, 0.3) is 0 Å². The largest absolute Gasteiger partial charge is 0.390 e. The Morgan fingerprint density at radius 3 is 2.54 bits per heavy atom. The molecule has 1 N–H and O–H groups in total. The first-order valence-electron chi connectivity index (χ1n) is 9.62. The van der Waals surface area contributed by atoms with Crippen molar-refractivity contribution in [3.63, 3.8) is 0 Å². The summed E-state index contributed by atoms with van der Waals surface area (Å²) in [6.45, 7) is 4.91. The van der Waals surface area contributed by atoms with Gasteiger partial charge < -0.3 is 10.0 Å². The minimum Gasteiger partial charge on any atom is -0.390 e. The van der Waals surface area contributed by atoms with E-state index in [9.17, 15) is 13.5 Å². The molecule has 0 radical (unpaired) electrons. The van der Waals surface area contributed by atoms with Crippen molar-refractivity contribution in [3.8, 4) is 11.5 Å². The predicted octanol–water partition coefficient (Wildman–Crippen LogP) is 0.381. The van der Waals surface area contributed by atoms with Gasteiger partial charge in [-0.25, -0.2) is 18.4 Å². The highest BCUT2D eigenvalue weighted by molar-refractivity contribution is 7.91. The second kappa shape index (κ2) is 7.73. The number of sulfone groups is 1. The maximum absolute atomic E-state index is 11.8. The Balaban J connectivity index is 1.50. The molecule has 0 saturated carbocycles. The van der Waals surface area contributed by atoms with Crippen LogP contribution in [-0.4, -0.2) is 83.2 Å². The lowest BCUT2D eigenvalue weighted by Crippen LogP contribution is -2.53. The van der Waals surface area contributed by atoms with Crippen molar-refractivity contribution in [2.24, 2.45) is 0 Å². The summed E-state index contributed by atoms with van der Waals surface area (Å²) >= 11 is 0. The number of aromatic nitrogens is 3. The Morgan fingerprint density at radius 2 is 1.93 bits per heavy atom. The van der Waals surface area contributed by atoms with E-state index in [1.807, 2.05) is 24.3 Å². The molecule has 2 atom stereocenters. The molecule has 0 amide bonds. The third-order valence-electron chi connectivity index (χ3n) is 5.42. The minimum atomic E-state index is -3.14. The van der Waals surface area contributed by atoms with E-state index >= 15 is 0 Å². The average molecular weight is 404 g/mol. The van der Waals surface area contributed by atoms with Crippen LogP contribution in [0.25, 0.3) is 11.5 Å². The third-order valence-corrected chi connectivity index (χ3v) is 7.12. The van der Waals surface area contributed by atoms with E-state index in [2.05, 4.69) is 26.7 Å². The quantitative estimate of drug-likeness (QED) is 0.782. The Hall–Kier alpha value is -2.10. The monoisotopic (exact) mass is 403 g/mol. The topological polar surface area (TPSA) is 99.5 Å². The van der Waals surface area contributed by atoms with Gasteiger partial charge in [0, 0.05) is 44.1 Å².